The number of aromatic nitrogens is 3. The maximum atomic E-state index is 14.2. The molecule has 10 heteroatoms. The van der Waals surface area contributed by atoms with Gasteiger partial charge in [0.25, 0.3) is 0 Å². The van der Waals surface area contributed by atoms with Gasteiger partial charge in [0.1, 0.15) is 12.7 Å². The molecule has 1 aliphatic rings. The fourth-order valence-electron chi connectivity index (χ4n) is 3.72. The summed E-state index contributed by atoms with van der Waals surface area (Å²) in [6.07, 6.45) is 9.40. The molecule has 2 aromatic heterocycles. The first-order chi connectivity index (χ1) is 15.8. The summed E-state index contributed by atoms with van der Waals surface area (Å²) in [4.78, 5) is 13.2. The summed E-state index contributed by atoms with van der Waals surface area (Å²) >= 11 is 1.58. The highest BCUT2D eigenvalue weighted by atomic mass is 32.2. The Bertz CT molecular complexity index is 1190. The van der Waals surface area contributed by atoms with Crippen LogP contribution in [0.3, 0.4) is 0 Å². The van der Waals surface area contributed by atoms with Gasteiger partial charge < -0.3 is 9.47 Å². The van der Waals surface area contributed by atoms with Crippen molar-refractivity contribution >= 4 is 21.2 Å². The summed E-state index contributed by atoms with van der Waals surface area (Å²) in [5, 5.41) is 2.97. The van der Waals surface area contributed by atoms with Gasteiger partial charge in [-0.1, -0.05) is 6.92 Å². The molecule has 2 heterocycles. The summed E-state index contributed by atoms with van der Waals surface area (Å²) < 4.78 is 48.7. The van der Waals surface area contributed by atoms with Crippen molar-refractivity contribution in [3.8, 4) is 11.8 Å². The lowest BCUT2D eigenvalue weighted by atomic mass is 9.88. The van der Waals surface area contributed by atoms with Crippen LogP contribution >= 0.6 is 11.3 Å². The van der Waals surface area contributed by atoms with Crippen molar-refractivity contribution in [3.63, 3.8) is 0 Å². The Morgan fingerprint density at radius 2 is 1.88 bits per heavy atom. The molecule has 1 fully saturated rings. The van der Waals surface area contributed by atoms with Crippen molar-refractivity contribution in [1.29, 1.82) is 0 Å². The van der Waals surface area contributed by atoms with Crippen molar-refractivity contribution in [2.75, 3.05) is 6.26 Å². The van der Waals surface area contributed by atoms with E-state index in [1.54, 1.807) is 23.7 Å². The average molecular weight is 492 g/mol. The van der Waals surface area contributed by atoms with E-state index in [1.807, 2.05) is 5.38 Å². The van der Waals surface area contributed by atoms with Crippen LogP contribution in [0.1, 0.15) is 54.8 Å². The topological polar surface area (TPSA) is 91.3 Å². The minimum absolute atomic E-state index is 0.00351. The van der Waals surface area contributed by atoms with Crippen LogP contribution in [0.15, 0.2) is 40.9 Å². The van der Waals surface area contributed by atoms with Gasteiger partial charge in [-0.05, 0) is 55.9 Å². The molecule has 3 aromatic rings. The number of rotatable bonds is 8. The number of ether oxygens (including phenoxy) is 2. The van der Waals surface area contributed by atoms with Gasteiger partial charge in [-0.2, -0.15) is 0 Å². The third-order valence-corrected chi connectivity index (χ3v) is 7.83. The van der Waals surface area contributed by atoms with Gasteiger partial charge in [0, 0.05) is 29.9 Å². The molecule has 0 aliphatic heterocycles. The fraction of sp³-hybridized carbons (Fsp3) is 0.435. The number of thiazole rings is 1. The number of nitrogens with zero attached hydrogens (tertiary/aromatic N) is 3. The van der Waals surface area contributed by atoms with Gasteiger partial charge in [-0.15, -0.1) is 11.3 Å². The van der Waals surface area contributed by atoms with Crippen LogP contribution in [0, 0.1) is 5.82 Å². The predicted molar refractivity (Wildman–Crippen MR) is 123 cm³/mol. The zero-order valence-electron chi connectivity index (χ0n) is 18.5. The van der Waals surface area contributed by atoms with Crippen molar-refractivity contribution in [2.45, 2.75) is 62.6 Å². The first-order valence-electron chi connectivity index (χ1n) is 10.9. The Morgan fingerprint density at radius 1 is 1.15 bits per heavy atom. The third-order valence-electron chi connectivity index (χ3n) is 5.66. The van der Waals surface area contributed by atoms with Crippen molar-refractivity contribution < 1.29 is 22.3 Å². The number of benzene rings is 1. The van der Waals surface area contributed by atoms with E-state index in [2.05, 4.69) is 21.9 Å². The smallest absolute Gasteiger partial charge is 0.316 e. The second kappa shape index (κ2) is 10.1. The molecule has 33 heavy (non-hydrogen) atoms. The Labute approximate surface area is 197 Å². The molecule has 1 aromatic carbocycles. The molecule has 0 N–H and O–H groups in total. The maximum Gasteiger partial charge on any atom is 0.316 e. The van der Waals surface area contributed by atoms with Crippen molar-refractivity contribution in [2.24, 2.45) is 0 Å². The minimum atomic E-state index is -3.47. The highest BCUT2D eigenvalue weighted by molar-refractivity contribution is 7.90. The molecule has 0 amide bonds. The van der Waals surface area contributed by atoms with Crippen LogP contribution in [0.4, 0.5) is 4.39 Å². The molecule has 0 atom stereocenters. The SMILES string of the molecule is CCc1cnc(OC2CCC(c3nc(COc4ccc(S(C)(=O)=O)cc4F)cs3)CC2)nc1. The maximum absolute atomic E-state index is 14.2. The van der Waals surface area contributed by atoms with Gasteiger partial charge in [-0.3, -0.25) is 0 Å². The fourth-order valence-corrected chi connectivity index (χ4v) is 5.33. The lowest BCUT2D eigenvalue weighted by molar-refractivity contribution is 0.134. The molecule has 0 spiro atoms. The van der Waals surface area contributed by atoms with Crippen LogP contribution in [-0.4, -0.2) is 35.7 Å². The van der Waals surface area contributed by atoms with E-state index in [4.69, 9.17) is 9.47 Å². The van der Waals surface area contributed by atoms with Gasteiger partial charge in [0.15, 0.2) is 21.4 Å². The second-order valence-corrected chi connectivity index (χ2v) is 11.1. The minimum Gasteiger partial charge on any atom is -0.484 e. The highest BCUT2D eigenvalue weighted by Crippen LogP contribution is 2.35. The Morgan fingerprint density at radius 3 is 2.52 bits per heavy atom. The van der Waals surface area contributed by atoms with E-state index in [9.17, 15) is 12.8 Å². The summed E-state index contributed by atoms with van der Waals surface area (Å²) in [5.41, 5.74) is 1.81. The summed E-state index contributed by atoms with van der Waals surface area (Å²) in [5.74, 6) is -0.346. The van der Waals surface area contributed by atoms with Crippen LogP contribution in [0.2, 0.25) is 0 Å². The van der Waals surface area contributed by atoms with Crippen LogP contribution in [0.25, 0.3) is 0 Å². The normalized spacial score (nSPS) is 18.8. The van der Waals surface area contributed by atoms with Crippen LogP contribution in [-0.2, 0) is 22.9 Å². The average Bonchev–Trinajstić information content (AvgIpc) is 3.28. The molecule has 0 radical (unpaired) electrons. The largest absolute Gasteiger partial charge is 0.484 e. The van der Waals surface area contributed by atoms with E-state index in [-0.39, 0.29) is 23.4 Å². The Balaban J connectivity index is 1.28. The van der Waals surface area contributed by atoms with Crippen LogP contribution < -0.4 is 9.47 Å². The van der Waals surface area contributed by atoms with Crippen LogP contribution in [0.5, 0.6) is 11.8 Å². The predicted octanol–water partition coefficient (Wildman–Crippen LogP) is 4.72. The summed E-state index contributed by atoms with van der Waals surface area (Å²) in [6.45, 7) is 2.18. The monoisotopic (exact) mass is 491 g/mol. The zero-order valence-corrected chi connectivity index (χ0v) is 20.2. The Hall–Kier alpha value is -2.59. The van der Waals surface area contributed by atoms with E-state index < -0.39 is 15.7 Å². The summed E-state index contributed by atoms with van der Waals surface area (Å²) in [7, 11) is -3.47. The van der Waals surface area contributed by atoms with E-state index in [0.29, 0.717) is 11.9 Å². The lowest BCUT2D eigenvalue weighted by Crippen LogP contribution is -2.24. The van der Waals surface area contributed by atoms with Crippen molar-refractivity contribution in [1.82, 2.24) is 15.0 Å². The molecular formula is C23H26FN3O4S2. The molecule has 176 valence electrons. The highest BCUT2D eigenvalue weighted by Gasteiger charge is 2.26. The van der Waals surface area contributed by atoms with Gasteiger partial charge in [-0.25, -0.2) is 27.8 Å². The molecule has 0 saturated heterocycles. The Kier molecular flexibility index (Phi) is 7.23. The first kappa shape index (κ1) is 23.6. The van der Waals surface area contributed by atoms with Gasteiger partial charge in [0.05, 0.1) is 15.6 Å². The molecule has 0 bridgehead atoms. The second-order valence-electron chi connectivity index (χ2n) is 8.15. The number of sulfone groups is 1. The van der Waals surface area contributed by atoms with Gasteiger partial charge in [0.2, 0.25) is 0 Å². The number of halogens is 1. The van der Waals surface area contributed by atoms with Crippen molar-refractivity contribution in [3.05, 3.63) is 58.1 Å². The summed E-state index contributed by atoms with van der Waals surface area (Å²) in [6, 6.07) is 4.08. The standard InChI is InChI=1S/C23H26FN3O4S2/c1-3-15-11-25-23(26-12-15)31-18-6-4-16(5-7-18)22-27-17(14-32-22)13-30-21-9-8-19(10-20(21)24)33(2,28)29/h8-12,14,16,18H,3-7,13H2,1-2H3. The number of aryl methyl sites for hydroxylation is 1. The molecule has 4 rings (SSSR count). The number of hydrogen-bond donors (Lipinski definition) is 0. The first-order valence-corrected chi connectivity index (χ1v) is 13.6. The van der Waals surface area contributed by atoms with E-state index >= 15 is 0 Å². The van der Waals surface area contributed by atoms with E-state index in [1.165, 1.54) is 12.1 Å². The molecule has 7 nitrogen and oxygen atoms in total. The molecule has 1 aliphatic carbocycles. The molecule has 0 unspecified atom stereocenters. The molecule has 1 saturated carbocycles. The zero-order chi connectivity index (χ0) is 23.4. The van der Waals surface area contributed by atoms with Gasteiger partial charge >= 0.3 is 6.01 Å². The third kappa shape index (κ3) is 6.05. The quantitative estimate of drug-likeness (QED) is 0.450. The molecular weight excluding hydrogens is 465 g/mol. The van der Waals surface area contributed by atoms with E-state index in [0.717, 1.165) is 60.7 Å². The lowest BCUT2D eigenvalue weighted by Gasteiger charge is -2.27. The number of hydrogen-bond acceptors (Lipinski definition) is 8.